The van der Waals surface area contributed by atoms with Crippen LogP contribution in [0.3, 0.4) is 0 Å². The van der Waals surface area contributed by atoms with E-state index in [9.17, 15) is 9.59 Å². The third-order valence-corrected chi connectivity index (χ3v) is 5.57. The lowest BCUT2D eigenvalue weighted by Crippen LogP contribution is -2.50. The number of nitrogens with zero attached hydrogens (tertiary/aromatic N) is 3. The van der Waals surface area contributed by atoms with Gasteiger partial charge in [-0.05, 0) is 36.4 Å². The maximum atomic E-state index is 12.4. The van der Waals surface area contributed by atoms with Gasteiger partial charge in [0, 0.05) is 44.6 Å². The van der Waals surface area contributed by atoms with Crippen molar-refractivity contribution in [2.45, 2.75) is 12.6 Å². The molecule has 1 aliphatic rings. The minimum atomic E-state index is -0.678. The molecule has 8 heteroatoms. The van der Waals surface area contributed by atoms with E-state index in [4.69, 9.17) is 4.42 Å². The number of rotatable bonds is 7. The monoisotopic (exact) mass is 433 g/mol. The molecule has 166 valence electrons. The average molecular weight is 434 g/mol. The second-order valence-electron chi connectivity index (χ2n) is 7.60. The van der Waals surface area contributed by atoms with Crippen molar-refractivity contribution in [1.82, 2.24) is 20.5 Å². The van der Waals surface area contributed by atoms with Gasteiger partial charge in [-0.2, -0.15) is 0 Å². The van der Waals surface area contributed by atoms with Crippen molar-refractivity contribution in [2.24, 2.45) is 0 Å². The molecular formula is C24H27N5O3. The summed E-state index contributed by atoms with van der Waals surface area (Å²) in [6.45, 7) is 3.88. The number of pyridine rings is 1. The van der Waals surface area contributed by atoms with Crippen LogP contribution in [0.4, 0.5) is 5.69 Å². The average Bonchev–Trinajstić information content (AvgIpc) is 3.39. The van der Waals surface area contributed by atoms with E-state index in [-0.39, 0.29) is 19.1 Å². The molecule has 0 radical (unpaired) electrons. The maximum absolute atomic E-state index is 12.4. The number of aromatic nitrogens is 1. The Morgan fingerprint density at radius 3 is 2.34 bits per heavy atom. The van der Waals surface area contributed by atoms with Gasteiger partial charge >= 0.3 is 11.8 Å². The fraction of sp³-hybridized carbons (Fsp3) is 0.292. The second kappa shape index (κ2) is 10.6. The fourth-order valence-corrected chi connectivity index (χ4v) is 3.84. The number of nitrogens with one attached hydrogen (secondary N) is 2. The smallest absolute Gasteiger partial charge is 0.309 e. The maximum Gasteiger partial charge on any atom is 0.309 e. The summed E-state index contributed by atoms with van der Waals surface area (Å²) in [4.78, 5) is 33.3. The number of carbonyl (C=O) groups is 2. The highest BCUT2D eigenvalue weighted by atomic mass is 16.3. The lowest BCUT2D eigenvalue weighted by molar-refractivity contribution is -0.139. The van der Waals surface area contributed by atoms with Crippen LogP contribution in [0.2, 0.25) is 0 Å². The lowest BCUT2D eigenvalue weighted by Gasteiger charge is -2.39. The van der Waals surface area contributed by atoms with Gasteiger partial charge in [0.15, 0.2) is 0 Å². The highest BCUT2D eigenvalue weighted by molar-refractivity contribution is 6.35. The van der Waals surface area contributed by atoms with Crippen molar-refractivity contribution in [1.29, 1.82) is 0 Å². The van der Waals surface area contributed by atoms with E-state index in [1.165, 1.54) is 5.69 Å². The molecule has 32 heavy (non-hydrogen) atoms. The van der Waals surface area contributed by atoms with E-state index in [0.29, 0.717) is 5.69 Å². The predicted octanol–water partition coefficient (Wildman–Crippen LogP) is 1.97. The van der Waals surface area contributed by atoms with Gasteiger partial charge in [-0.1, -0.05) is 24.3 Å². The van der Waals surface area contributed by atoms with Crippen molar-refractivity contribution in [3.8, 4) is 0 Å². The molecule has 1 aromatic carbocycles. The largest absolute Gasteiger partial charge is 0.468 e. The molecule has 0 bridgehead atoms. The molecule has 3 aromatic rings. The summed E-state index contributed by atoms with van der Waals surface area (Å²) in [5.74, 6) is -0.574. The standard InChI is InChI=1S/C24H27N5O3/c30-23(26-17-19-7-4-5-11-25-19)24(31)27-18-21(22-10-6-16-32-22)29-14-12-28(13-15-29)20-8-2-1-3-9-20/h1-11,16,21H,12-15,17-18H2,(H,26,30)(H,27,31)/t21-/m1/s1. The van der Waals surface area contributed by atoms with Crippen LogP contribution in [-0.4, -0.2) is 54.4 Å². The summed E-state index contributed by atoms with van der Waals surface area (Å²) in [6, 6.07) is 19.4. The Balaban J connectivity index is 1.32. The first-order chi connectivity index (χ1) is 15.7. The molecule has 2 aromatic heterocycles. The molecule has 0 saturated carbocycles. The van der Waals surface area contributed by atoms with Crippen LogP contribution in [0.15, 0.2) is 77.5 Å². The first-order valence-electron chi connectivity index (χ1n) is 10.7. The van der Waals surface area contributed by atoms with Gasteiger partial charge in [0.2, 0.25) is 0 Å². The Kier molecular flexibility index (Phi) is 7.14. The molecular weight excluding hydrogens is 406 g/mol. The van der Waals surface area contributed by atoms with Gasteiger partial charge in [0.1, 0.15) is 5.76 Å². The van der Waals surface area contributed by atoms with Crippen molar-refractivity contribution < 1.29 is 14.0 Å². The number of piperazine rings is 1. The molecule has 3 heterocycles. The van der Waals surface area contributed by atoms with Crippen molar-refractivity contribution in [3.05, 3.63) is 84.6 Å². The molecule has 2 amide bonds. The van der Waals surface area contributed by atoms with Crippen LogP contribution in [0.1, 0.15) is 17.5 Å². The molecule has 1 fully saturated rings. The van der Waals surface area contributed by atoms with E-state index in [1.807, 2.05) is 36.4 Å². The summed E-state index contributed by atoms with van der Waals surface area (Å²) < 4.78 is 5.64. The van der Waals surface area contributed by atoms with Gasteiger partial charge in [0.05, 0.1) is 24.5 Å². The topological polar surface area (TPSA) is 90.7 Å². The molecule has 8 nitrogen and oxygen atoms in total. The van der Waals surface area contributed by atoms with E-state index in [2.05, 4.69) is 37.6 Å². The highest BCUT2D eigenvalue weighted by Crippen LogP contribution is 2.24. The normalized spacial score (nSPS) is 15.2. The molecule has 1 atom stereocenters. The summed E-state index contributed by atoms with van der Waals surface area (Å²) >= 11 is 0. The zero-order valence-corrected chi connectivity index (χ0v) is 17.8. The Bertz CT molecular complexity index is 987. The van der Waals surface area contributed by atoms with Crippen LogP contribution in [0.25, 0.3) is 0 Å². The molecule has 0 unspecified atom stereocenters. The van der Waals surface area contributed by atoms with Gasteiger partial charge in [0.25, 0.3) is 0 Å². The van der Waals surface area contributed by atoms with Gasteiger partial charge in [-0.15, -0.1) is 0 Å². The van der Waals surface area contributed by atoms with Crippen LogP contribution in [-0.2, 0) is 16.1 Å². The summed E-state index contributed by atoms with van der Waals surface area (Å²) in [6.07, 6.45) is 3.27. The first kappa shape index (κ1) is 21.6. The molecule has 0 spiro atoms. The van der Waals surface area contributed by atoms with E-state index in [1.54, 1.807) is 24.6 Å². The Hall–Kier alpha value is -3.65. The Labute approximate surface area is 187 Å². The molecule has 0 aliphatic carbocycles. The summed E-state index contributed by atoms with van der Waals surface area (Å²) in [7, 11) is 0. The number of hydrogen-bond acceptors (Lipinski definition) is 6. The molecule has 2 N–H and O–H groups in total. The van der Waals surface area contributed by atoms with Crippen molar-refractivity contribution in [2.75, 3.05) is 37.6 Å². The summed E-state index contributed by atoms with van der Waals surface area (Å²) in [5.41, 5.74) is 1.90. The van der Waals surface area contributed by atoms with Gasteiger partial charge < -0.3 is 20.0 Å². The van der Waals surface area contributed by atoms with E-state index in [0.717, 1.165) is 31.9 Å². The second-order valence-corrected chi connectivity index (χ2v) is 7.60. The zero-order valence-electron chi connectivity index (χ0n) is 17.8. The third-order valence-electron chi connectivity index (χ3n) is 5.57. The number of hydrogen-bond donors (Lipinski definition) is 2. The fourth-order valence-electron chi connectivity index (χ4n) is 3.84. The zero-order chi connectivity index (χ0) is 22.2. The number of para-hydroxylation sites is 1. The Morgan fingerprint density at radius 1 is 0.906 bits per heavy atom. The highest BCUT2D eigenvalue weighted by Gasteiger charge is 2.28. The predicted molar refractivity (Wildman–Crippen MR) is 121 cm³/mol. The van der Waals surface area contributed by atoms with Crippen LogP contribution in [0.5, 0.6) is 0 Å². The number of anilines is 1. The molecule has 4 rings (SSSR count). The number of amides is 2. The van der Waals surface area contributed by atoms with Crippen LogP contribution in [0, 0.1) is 0 Å². The van der Waals surface area contributed by atoms with E-state index >= 15 is 0 Å². The molecule has 1 saturated heterocycles. The van der Waals surface area contributed by atoms with Gasteiger partial charge in [-0.25, -0.2) is 0 Å². The number of furan rings is 1. The quantitative estimate of drug-likeness (QED) is 0.554. The number of benzene rings is 1. The SMILES string of the molecule is O=C(NCc1ccccn1)C(=O)NC[C@H](c1ccco1)N1CCN(c2ccccc2)CC1. The molecule has 1 aliphatic heterocycles. The van der Waals surface area contributed by atoms with Gasteiger partial charge in [-0.3, -0.25) is 19.5 Å². The number of carbonyl (C=O) groups excluding carboxylic acids is 2. The lowest BCUT2D eigenvalue weighted by atomic mass is 10.1. The summed E-state index contributed by atoms with van der Waals surface area (Å²) in [5, 5.41) is 5.36. The van der Waals surface area contributed by atoms with Crippen LogP contribution < -0.4 is 15.5 Å². The minimum Gasteiger partial charge on any atom is -0.468 e. The van der Waals surface area contributed by atoms with Crippen molar-refractivity contribution >= 4 is 17.5 Å². The minimum absolute atomic E-state index is 0.143. The van der Waals surface area contributed by atoms with Crippen LogP contribution >= 0.6 is 0 Å². The third kappa shape index (κ3) is 5.53. The first-order valence-corrected chi connectivity index (χ1v) is 10.7. The van der Waals surface area contributed by atoms with Crippen molar-refractivity contribution in [3.63, 3.8) is 0 Å². The Morgan fingerprint density at radius 2 is 1.66 bits per heavy atom. The van der Waals surface area contributed by atoms with E-state index < -0.39 is 11.8 Å².